The number of oxime groups is 1. The van der Waals surface area contributed by atoms with Gasteiger partial charge in [0.2, 0.25) is 6.23 Å². The van der Waals surface area contributed by atoms with Crippen molar-refractivity contribution in [2.75, 3.05) is 20.6 Å². The van der Waals surface area contributed by atoms with Crippen LogP contribution in [0.5, 0.6) is 0 Å². The van der Waals surface area contributed by atoms with E-state index in [2.05, 4.69) is 17.0 Å². The lowest BCUT2D eigenvalue weighted by molar-refractivity contribution is -0.0113. The van der Waals surface area contributed by atoms with Crippen molar-refractivity contribution in [3.63, 3.8) is 0 Å². The fourth-order valence-electron chi connectivity index (χ4n) is 2.63. The van der Waals surface area contributed by atoms with Crippen molar-refractivity contribution in [2.24, 2.45) is 11.1 Å². The second-order valence-electron chi connectivity index (χ2n) is 5.50. The summed E-state index contributed by atoms with van der Waals surface area (Å²) in [5.41, 5.74) is 1.52. The molecule has 0 radical (unpaired) electrons. The molecule has 2 unspecified atom stereocenters. The van der Waals surface area contributed by atoms with Crippen LogP contribution in [0.2, 0.25) is 5.02 Å². The summed E-state index contributed by atoms with van der Waals surface area (Å²) >= 11 is 5.94. The SMILES string of the molecule is CN(C)C(=O)N1CCC2C(C#Cc3cccc(Cl)c3)=NOC21. The zero-order valence-corrected chi connectivity index (χ0v) is 13.2. The minimum Gasteiger partial charge on any atom is -0.369 e. The highest BCUT2D eigenvalue weighted by Crippen LogP contribution is 2.32. The number of halogens is 1. The average molecular weight is 318 g/mol. The molecule has 1 aromatic rings. The van der Waals surface area contributed by atoms with Crippen molar-refractivity contribution in [1.82, 2.24) is 9.80 Å². The molecule has 114 valence electrons. The Bertz CT molecular complexity index is 690. The number of fused-ring (bicyclic) bond motifs is 1. The van der Waals surface area contributed by atoms with E-state index in [1.807, 2.05) is 12.1 Å². The number of likely N-dealkylation sites (tertiary alicyclic amines) is 1. The van der Waals surface area contributed by atoms with Crippen LogP contribution in [0.4, 0.5) is 4.79 Å². The van der Waals surface area contributed by atoms with Crippen LogP contribution in [0.1, 0.15) is 12.0 Å². The molecule has 1 saturated heterocycles. The minimum atomic E-state index is -0.335. The third-order valence-electron chi connectivity index (χ3n) is 3.73. The van der Waals surface area contributed by atoms with Crippen molar-refractivity contribution < 1.29 is 9.63 Å². The fraction of sp³-hybridized carbons (Fsp3) is 0.375. The van der Waals surface area contributed by atoms with Gasteiger partial charge in [-0.25, -0.2) is 4.79 Å². The second-order valence-corrected chi connectivity index (χ2v) is 5.93. The van der Waals surface area contributed by atoms with Gasteiger partial charge in [0.25, 0.3) is 0 Å². The Balaban J connectivity index is 1.73. The summed E-state index contributed by atoms with van der Waals surface area (Å²) in [6.07, 6.45) is 0.478. The van der Waals surface area contributed by atoms with E-state index in [0.29, 0.717) is 17.3 Å². The lowest BCUT2D eigenvalue weighted by Gasteiger charge is -2.25. The van der Waals surface area contributed by atoms with E-state index in [0.717, 1.165) is 12.0 Å². The molecule has 0 spiro atoms. The molecule has 2 heterocycles. The molecule has 2 amide bonds. The van der Waals surface area contributed by atoms with Crippen molar-refractivity contribution in [3.05, 3.63) is 34.9 Å². The first-order valence-electron chi connectivity index (χ1n) is 7.05. The number of rotatable bonds is 0. The Morgan fingerprint density at radius 1 is 1.45 bits per heavy atom. The molecule has 2 aliphatic rings. The highest BCUT2D eigenvalue weighted by atomic mass is 35.5. The lowest BCUT2D eigenvalue weighted by Crippen LogP contribution is -2.43. The maximum absolute atomic E-state index is 12.1. The maximum atomic E-state index is 12.1. The maximum Gasteiger partial charge on any atom is 0.322 e. The summed E-state index contributed by atoms with van der Waals surface area (Å²) < 4.78 is 0. The molecule has 0 bridgehead atoms. The number of hydrogen-bond donors (Lipinski definition) is 0. The Labute approximate surface area is 134 Å². The number of urea groups is 1. The summed E-state index contributed by atoms with van der Waals surface area (Å²) in [5.74, 6) is 6.15. The van der Waals surface area contributed by atoms with E-state index in [-0.39, 0.29) is 18.2 Å². The molecule has 22 heavy (non-hydrogen) atoms. The van der Waals surface area contributed by atoms with Crippen LogP contribution in [0.15, 0.2) is 29.4 Å². The van der Waals surface area contributed by atoms with Crippen LogP contribution in [-0.2, 0) is 4.84 Å². The minimum absolute atomic E-state index is 0.0515. The molecule has 3 rings (SSSR count). The van der Waals surface area contributed by atoms with Gasteiger partial charge in [-0.05, 0) is 30.5 Å². The third kappa shape index (κ3) is 2.75. The number of carbonyl (C=O) groups excluding carboxylic acids is 1. The fourth-order valence-corrected chi connectivity index (χ4v) is 2.82. The normalized spacial score (nSPS) is 22.3. The van der Waals surface area contributed by atoms with Crippen LogP contribution in [0.25, 0.3) is 0 Å². The van der Waals surface area contributed by atoms with Crippen LogP contribution in [0, 0.1) is 17.8 Å². The van der Waals surface area contributed by atoms with E-state index < -0.39 is 0 Å². The first kappa shape index (κ1) is 14.7. The van der Waals surface area contributed by atoms with Gasteiger partial charge in [0.05, 0.1) is 5.92 Å². The number of nitrogens with zero attached hydrogens (tertiary/aromatic N) is 3. The first-order valence-corrected chi connectivity index (χ1v) is 7.43. The van der Waals surface area contributed by atoms with Crippen LogP contribution in [0.3, 0.4) is 0 Å². The van der Waals surface area contributed by atoms with Gasteiger partial charge >= 0.3 is 6.03 Å². The Morgan fingerprint density at radius 3 is 3.00 bits per heavy atom. The van der Waals surface area contributed by atoms with E-state index in [9.17, 15) is 4.79 Å². The van der Waals surface area contributed by atoms with Gasteiger partial charge in [-0.1, -0.05) is 28.7 Å². The lowest BCUT2D eigenvalue weighted by atomic mass is 10.0. The van der Waals surface area contributed by atoms with Crippen molar-refractivity contribution in [1.29, 1.82) is 0 Å². The summed E-state index contributed by atoms with van der Waals surface area (Å²) in [5, 5.41) is 4.70. The number of hydrogen-bond acceptors (Lipinski definition) is 3. The molecule has 0 saturated carbocycles. The number of carbonyl (C=O) groups is 1. The van der Waals surface area contributed by atoms with Crippen LogP contribution >= 0.6 is 11.6 Å². The molecule has 1 aromatic carbocycles. The second kappa shape index (κ2) is 5.90. The van der Waals surface area contributed by atoms with Crippen molar-refractivity contribution >= 4 is 23.3 Å². The van der Waals surface area contributed by atoms with E-state index in [1.54, 1.807) is 36.0 Å². The van der Waals surface area contributed by atoms with Gasteiger partial charge in [0.15, 0.2) is 0 Å². The largest absolute Gasteiger partial charge is 0.369 e. The van der Waals surface area contributed by atoms with Crippen molar-refractivity contribution in [2.45, 2.75) is 12.6 Å². The molecule has 0 aliphatic carbocycles. The Hall–Kier alpha value is -2.19. The molecule has 2 atom stereocenters. The highest BCUT2D eigenvalue weighted by molar-refractivity contribution is 6.30. The van der Waals surface area contributed by atoms with Gasteiger partial charge in [-0.15, -0.1) is 0 Å². The first-order chi connectivity index (χ1) is 10.6. The predicted octanol–water partition coefficient (Wildman–Crippen LogP) is 2.41. The summed E-state index contributed by atoms with van der Waals surface area (Å²) in [6.45, 7) is 0.657. The monoisotopic (exact) mass is 317 g/mol. The molecule has 2 aliphatic heterocycles. The number of amides is 2. The van der Waals surface area contributed by atoms with Gasteiger partial charge in [-0.2, -0.15) is 0 Å². The predicted molar refractivity (Wildman–Crippen MR) is 84.5 cm³/mol. The van der Waals surface area contributed by atoms with E-state index in [1.165, 1.54) is 0 Å². The Kier molecular flexibility index (Phi) is 3.95. The van der Waals surface area contributed by atoms with E-state index in [4.69, 9.17) is 16.4 Å². The molecular formula is C16H16ClN3O2. The number of benzene rings is 1. The van der Waals surface area contributed by atoms with Crippen molar-refractivity contribution in [3.8, 4) is 11.8 Å². The van der Waals surface area contributed by atoms with Crippen LogP contribution in [-0.4, -0.2) is 48.4 Å². The topological polar surface area (TPSA) is 45.1 Å². The summed E-state index contributed by atoms with van der Waals surface area (Å²) in [4.78, 5) is 20.7. The standard InChI is InChI=1S/C16H16ClN3O2/c1-19(2)16(21)20-9-8-13-14(18-22-15(13)20)7-6-11-4-3-5-12(17)10-11/h3-5,10,13,15H,8-9H2,1-2H3. The van der Waals surface area contributed by atoms with E-state index >= 15 is 0 Å². The molecule has 0 aromatic heterocycles. The smallest absolute Gasteiger partial charge is 0.322 e. The molecule has 6 heteroatoms. The summed E-state index contributed by atoms with van der Waals surface area (Å²) in [6, 6.07) is 7.30. The van der Waals surface area contributed by atoms with Gasteiger partial charge in [-0.3, -0.25) is 4.90 Å². The molecule has 5 nitrogen and oxygen atoms in total. The molecule has 1 fully saturated rings. The van der Waals surface area contributed by atoms with Crippen LogP contribution < -0.4 is 0 Å². The Morgan fingerprint density at radius 2 is 2.27 bits per heavy atom. The third-order valence-corrected chi connectivity index (χ3v) is 3.97. The highest BCUT2D eigenvalue weighted by Gasteiger charge is 2.45. The molecular weight excluding hydrogens is 302 g/mol. The zero-order chi connectivity index (χ0) is 15.7. The average Bonchev–Trinajstić information content (AvgIpc) is 3.06. The molecule has 0 N–H and O–H groups in total. The van der Waals surface area contributed by atoms with Gasteiger partial charge in [0, 0.05) is 31.2 Å². The quantitative estimate of drug-likeness (QED) is 0.690. The van der Waals surface area contributed by atoms with Gasteiger partial charge in [0.1, 0.15) is 5.71 Å². The summed E-state index contributed by atoms with van der Waals surface area (Å²) in [7, 11) is 3.46. The zero-order valence-electron chi connectivity index (χ0n) is 12.4. The van der Waals surface area contributed by atoms with Gasteiger partial charge < -0.3 is 9.74 Å².